The van der Waals surface area contributed by atoms with Gasteiger partial charge in [0.1, 0.15) is 18.1 Å². The zero-order valence-electron chi connectivity index (χ0n) is 21.6. The van der Waals surface area contributed by atoms with E-state index in [1.807, 2.05) is 25.1 Å². The number of ketones is 1. The Morgan fingerprint density at radius 2 is 1.73 bits per heavy atom. The number of aryl methyl sites for hydroxylation is 1. The molecular weight excluding hydrogens is 466 g/mol. The van der Waals surface area contributed by atoms with E-state index in [1.165, 1.54) is 5.56 Å². The first-order valence-electron chi connectivity index (χ1n) is 12.6. The number of aromatic nitrogens is 1. The molecule has 4 rings (SSSR count). The molecule has 0 bridgehead atoms. The van der Waals surface area contributed by atoms with Gasteiger partial charge in [-0.2, -0.15) is 0 Å². The van der Waals surface area contributed by atoms with Crippen molar-refractivity contribution in [3.05, 3.63) is 101 Å². The predicted octanol–water partition coefficient (Wildman–Crippen LogP) is 4.73. The number of aliphatic hydroxyl groups excluding tert-OH is 1. The van der Waals surface area contributed by atoms with Crippen molar-refractivity contribution in [2.24, 2.45) is 0 Å². The lowest BCUT2D eigenvalue weighted by molar-refractivity contribution is -0.140. The van der Waals surface area contributed by atoms with Crippen LogP contribution in [-0.2, 0) is 16.2 Å². The van der Waals surface area contributed by atoms with Crippen LogP contribution in [0.4, 0.5) is 0 Å². The molecule has 0 aliphatic carbocycles. The van der Waals surface area contributed by atoms with Gasteiger partial charge in [-0.3, -0.25) is 14.6 Å². The summed E-state index contributed by atoms with van der Waals surface area (Å²) in [6.07, 6.45) is 3.25. The average Bonchev–Trinajstić information content (AvgIpc) is 3.18. The predicted molar refractivity (Wildman–Crippen MR) is 143 cm³/mol. The number of aliphatic hydroxyl groups is 1. The molecule has 1 aromatic heterocycles. The highest BCUT2D eigenvalue weighted by Gasteiger charge is 2.45. The van der Waals surface area contributed by atoms with Gasteiger partial charge in [-0.15, -0.1) is 0 Å². The Morgan fingerprint density at radius 3 is 2.38 bits per heavy atom. The zero-order chi connectivity index (χ0) is 26.4. The molecular formula is C30H33N3O4. The van der Waals surface area contributed by atoms with E-state index in [2.05, 4.69) is 29.8 Å². The highest BCUT2D eigenvalue weighted by molar-refractivity contribution is 6.46. The molecule has 1 saturated heterocycles. The Labute approximate surface area is 218 Å². The van der Waals surface area contributed by atoms with Crippen LogP contribution in [0.5, 0.6) is 5.75 Å². The second-order valence-electron chi connectivity index (χ2n) is 9.10. The van der Waals surface area contributed by atoms with Crippen LogP contribution in [0.1, 0.15) is 42.1 Å². The van der Waals surface area contributed by atoms with Gasteiger partial charge >= 0.3 is 0 Å². The fourth-order valence-electron chi connectivity index (χ4n) is 4.63. The first-order valence-corrected chi connectivity index (χ1v) is 12.6. The van der Waals surface area contributed by atoms with Crippen molar-refractivity contribution in [3.8, 4) is 5.75 Å². The van der Waals surface area contributed by atoms with Gasteiger partial charge in [-0.05, 0) is 67.5 Å². The summed E-state index contributed by atoms with van der Waals surface area (Å²) < 4.78 is 5.89. The van der Waals surface area contributed by atoms with Gasteiger partial charge in [0.05, 0.1) is 11.6 Å². The average molecular weight is 500 g/mol. The van der Waals surface area contributed by atoms with E-state index in [4.69, 9.17) is 4.74 Å². The number of likely N-dealkylation sites (N-methyl/N-ethyl adjacent to an activating group) is 1. The van der Waals surface area contributed by atoms with Gasteiger partial charge in [0.25, 0.3) is 11.7 Å². The molecule has 1 aliphatic heterocycles. The number of ether oxygens (including phenoxy) is 1. The summed E-state index contributed by atoms with van der Waals surface area (Å²) in [4.78, 5) is 34.1. The lowest BCUT2D eigenvalue weighted by atomic mass is 9.96. The maximum absolute atomic E-state index is 13.2. The summed E-state index contributed by atoms with van der Waals surface area (Å²) in [7, 11) is 0. The fourth-order valence-corrected chi connectivity index (χ4v) is 4.63. The third-order valence-electron chi connectivity index (χ3n) is 6.73. The van der Waals surface area contributed by atoms with Crippen LogP contribution in [0.3, 0.4) is 0 Å². The van der Waals surface area contributed by atoms with E-state index in [-0.39, 0.29) is 11.3 Å². The smallest absolute Gasteiger partial charge is 0.295 e. The maximum Gasteiger partial charge on any atom is 0.295 e. The second kappa shape index (κ2) is 11.8. The standard InChI is InChI=1S/C30H33N3O4/c1-4-32(5-2)17-18-33-27(23-13-15-31-16-14-23)26(29(35)30(33)36)28(34)24-9-11-25(12-10-24)37-20-22-8-6-7-21(3)19-22/h6-16,19,27,34H,4-5,17-18,20H2,1-3H3/b28-26+/t27-/m1/s1. The Hall–Kier alpha value is -3.97. The molecule has 0 radical (unpaired) electrons. The van der Waals surface area contributed by atoms with Gasteiger partial charge < -0.3 is 19.6 Å². The number of likely N-dealkylation sites (tertiary alicyclic amines) is 1. The molecule has 0 saturated carbocycles. The Kier molecular flexibility index (Phi) is 8.36. The van der Waals surface area contributed by atoms with Gasteiger partial charge in [-0.1, -0.05) is 43.7 Å². The molecule has 1 aliphatic rings. The van der Waals surface area contributed by atoms with Crippen LogP contribution >= 0.6 is 0 Å². The van der Waals surface area contributed by atoms with Gasteiger partial charge in [0.15, 0.2) is 0 Å². The van der Waals surface area contributed by atoms with Crippen LogP contribution in [0.2, 0.25) is 0 Å². The van der Waals surface area contributed by atoms with Gasteiger partial charge in [-0.25, -0.2) is 0 Å². The van der Waals surface area contributed by atoms with Crippen LogP contribution in [0, 0.1) is 6.92 Å². The zero-order valence-corrected chi connectivity index (χ0v) is 21.6. The van der Waals surface area contributed by atoms with E-state index in [1.54, 1.807) is 53.7 Å². The van der Waals surface area contributed by atoms with E-state index in [0.29, 0.717) is 31.0 Å². The highest BCUT2D eigenvalue weighted by Crippen LogP contribution is 2.39. The number of rotatable bonds is 10. The summed E-state index contributed by atoms with van der Waals surface area (Å²) in [6, 6.07) is 17.9. The van der Waals surface area contributed by atoms with Crippen molar-refractivity contribution in [1.29, 1.82) is 0 Å². The molecule has 0 unspecified atom stereocenters. The number of nitrogens with zero attached hydrogens (tertiary/aromatic N) is 3. The summed E-state index contributed by atoms with van der Waals surface area (Å²) >= 11 is 0. The van der Waals surface area contributed by atoms with Crippen LogP contribution in [-0.4, -0.2) is 57.8 Å². The fraction of sp³-hybridized carbons (Fsp3) is 0.300. The topological polar surface area (TPSA) is 83.0 Å². The minimum absolute atomic E-state index is 0.0872. The highest BCUT2D eigenvalue weighted by atomic mass is 16.5. The molecule has 3 aromatic rings. The Balaban J connectivity index is 1.61. The number of amides is 1. The molecule has 1 N–H and O–H groups in total. The normalized spacial score (nSPS) is 17.0. The third kappa shape index (κ3) is 5.89. The second-order valence-corrected chi connectivity index (χ2v) is 9.10. The third-order valence-corrected chi connectivity index (χ3v) is 6.73. The molecule has 2 heterocycles. The monoisotopic (exact) mass is 499 g/mol. The quantitative estimate of drug-likeness (QED) is 0.247. The molecule has 1 fully saturated rings. The molecule has 192 valence electrons. The van der Waals surface area contributed by atoms with Crippen LogP contribution in [0.15, 0.2) is 78.6 Å². The molecule has 7 heteroatoms. The van der Waals surface area contributed by atoms with Crippen LogP contribution < -0.4 is 4.74 Å². The Morgan fingerprint density at radius 1 is 1.03 bits per heavy atom. The summed E-state index contributed by atoms with van der Waals surface area (Å²) in [5, 5.41) is 11.3. The molecule has 1 atom stereocenters. The number of benzene rings is 2. The number of carbonyl (C=O) groups excluding carboxylic acids is 2. The first kappa shape index (κ1) is 26.1. The number of Topliss-reactive ketones (excluding diaryl/α,β-unsaturated/α-hetero) is 1. The number of pyridine rings is 1. The minimum Gasteiger partial charge on any atom is -0.507 e. The maximum atomic E-state index is 13.2. The number of hydrogen-bond acceptors (Lipinski definition) is 6. The van der Waals surface area contributed by atoms with Crippen molar-refractivity contribution >= 4 is 17.4 Å². The van der Waals surface area contributed by atoms with Crippen molar-refractivity contribution < 1.29 is 19.4 Å². The van der Waals surface area contributed by atoms with Crippen molar-refractivity contribution in [2.45, 2.75) is 33.4 Å². The van der Waals surface area contributed by atoms with Crippen LogP contribution in [0.25, 0.3) is 5.76 Å². The largest absolute Gasteiger partial charge is 0.507 e. The minimum atomic E-state index is -0.684. The lowest BCUT2D eigenvalue weighted by Gasteiger charge is -2.28. The van der Waals surface area contributed by atoms with Crippen molar-refractivity contribution in [2.75, 3.05) is 26.2 Å². The van der Waals surface area contributed by atoms with Gasteiger partial charge in [0, 0.05) is 31.0 Å². The summed E-state index contributed by atoms with van der Waals surface area (Å²) in [5.74, 6) is -0.841. The number of hydrogen-bond donors (Lipinski definition) is 1. The van der Waals surface area contributed by atoms with Crippen molar-refractivity contribution in [1.82, 2.24) is 14.8 Å². The van der Waals surface area contributed by atoms with E-state index in [0.717, 1.165) is 24.2 Å². The molecule has 0 spiro atoms. The summed E-state index contributed by atoms with van der Waals surface area (Å²) in [6.45, 7) is 9.28. The van der Waals surface area contributed by atoms with E-state index >= 15 is 0 Å². The molecule has 2 aromatic carbocycles. The lowest BCUT2D eigenvalue weighted by Crippen LogP contribution is -2.38. The van der Waals surface area contributed by atoms with E-state index in [9.17, 15) is 14.7 Å². The number of carbonyl (C=O) groups is 2. The SMILES string of the molecule is CCN(CC)CCN1C(=O)C(=O)/C(=C(/O)c2ccc(OCc3cccc(C)c3)cc2)[C@H]1c1ccncc1. The molecule has 7 nitrogen and oxygen atoms in total. The first-order chi connectivity index (χ1) is 17.9. The summed E-state index contributed by atoms with van der Waals surface area (Å²) in [5.41, 5.74) is 3.49. The molecule has 37 heavy (non-hydrogen) atoms. The Bertz CT molecular complexity index is 1270. The van der Waals surface area contributed by atoms with Gasteiger partial charge in [0.2, 0.25) is 0 Å². The van der Waals surface area contributed by atoms with Crippen molar-refractivity contribution in [3.63, 3.8) is 0 Å². The molecule has 1 amide bonds. The van der Waals surface area contributed by atoms with E-state index < -0.39 is 17.7 Å².